The average molecular weight is 347 g/mol. The van der Waals surface area contributed by atoms with E-state index < -0.39 is 10.8 Å². The molecule has 1 N–H and O–H groups in total. The third-order valence-corrected chi connectivity index (χ3v) is 3.20. The van der Waals surface area contributed by atoms with Crippen LogP contribution in [0.1, 0.15) is 10.4 Å². The van der Waals surface area contributed by atoms with E-state index in [0.717, 1.165) is 6.07 Å². The summed E-state index contributed by atoms with van der Waals surface area (Å²) in [5, 5.41) is 13.6. The molecular weight excluding hydrogens is 341 g/mol. The molecule has 1 amide bonds. The highest BCUT2D eigenvalue weighted by atomic mass is 35.5. The van der Waals surface area contributed by atoms with E-state index in [4.69, 9.17) is 34.8 Å². The highest BCUT2D eigenvalue weighted by Crippen LogP contribution is 2.28. The standard InChI is InChI=1S/C12H6Cl3N3O3/c13-6-1-3-8(9(5-6)18(20)21)16-12(19)7-2-4-10(14)17-11(7)15/h1-5H,(H,16,19). The Balaban J connectivity index is 2.34. The Bertz CT molecular complexity index is 737. The van der Waals surface area contributed by atoms with E-state index in [9.17, 15) is 14.9 Å². The molecule has 2 aromatic rings. The number of halogens is 3. The summed E-state index contributed by atoms with van der Waals surface area (Å²) in [6, 6.07) is 6.65. The molecule has 0 aliphatic rings. The first-order valence-corrected chi connectivity index (χ1v) is 6.59. The molecule has 0 aliphatic heterocycles. The SMILES string of the molecule is O=C(Nc1ccc(Cl)cc1[N+](=O)[O-])c1ccc(Cl)nc1Cl. The van der Waals surface area contributed by atoms with Gasteiger partial charge in [-0.3, -0.25) is 14.9 Å². The highest BCUT2D eigenvalue weighted by molar-refractivity contribution is 6.35. The van der Waals surface area contributed by atoms with Gasteiger partial charge in [0.05, 0.1) is 10.5 Å². The van der Waals surface area contributed by atoms with Gasteiger partial charge in [0.25, 0.3) is 11.6 Å². The van der Waals surface area contributed by atoms with Gasteiger partial charge in [0.1, 0.15) is 16.0 Å². The van der Waals surface area contributed by atoms with Crippen molar-refractivity contribution >= 4 is 52.1 Å². The van der Waals surface area contributed by atoms with Crippen molar-refractivity contribution in [1.82, 2.24) is 4.98 Å². The van der Waals surface area contributed by atoms with Gasteiger partial charge in [-0.15, -0.1) is 0 Å². The lowest BCUT2D eigenvalue weighted by atomic mass is 10.2. The van der Waals surface area contributed by atoms with Crippen LogP contribution in [0.3, 0.4) is 0 Å². The molecule has 6 nitrogen and oxygen atoms in total. The van der Waals surface area contributed by atoms with Gasteiger partial charge in [-0.2, -0.15) is 0 Å². The van der Waals surface area contributed by atoms with Gasteiger partial charge in [0.15, 0.2) is 0 Å². The van der Waals surface area contributed by atoms with Crippen molar-refractivity contribution < 1.29 is 9.72 Å². The van der Waals surface area contributed by atoms with E-state index in [1.807, 2.05) is 0 Å². The fraction of sp³-hybridized carbons (Fsp3) is 0. The largest absolute Gasteiger partial charge is 0.316 e. The number of carbonyl (C=O) groups excluding carboxylic acids is 1. The third kappa shape index (κ3) is 3.60. The van der Waals surface area contributed by atoms with Crippen LogP contribution in [-0.4, -0.2) is 15.8 Å². The number of carbonyl (C=O) groups is 1. The van der Waals surface area contributed by atoms with Gasteiger partial charge in [-0.1, -0.05) is 34.8 Å². The number of rotatable bonds is 3. The van der Waals surface area contributed by atoms with E-state index in [1.165, 1.54) is 24.3 Å². The van der Waals surface area contributed by atoms with E-state index in [1.54, 1.807) is 0 Å². The maximum Gasteiger partial charge on any atom is 0.294 e. The number of nitrogens with one attached hydrogen (secondary N) is 1. The molecule has 9 heteroatoms. The predicted molar refractivity (Wildman–Crippen MR) is 80.3 cm³/mol. The Labute approximate surface area is 133 Å². The van der Waals surface area contributed by atoms with Crippen LogP contribution in [0.25, 0.3) is 0 Å². The molecule has 1 aromatic carbocycles. The smallest absolute Gasteiger partial charge is 0.294 e. The number of nitro benzene ring substituents is 1. The van der Waals surface area contributed by atoms with Crippen molar-refractivity contribution in [2.75, 3.05) is 5.32 Å². The summed E-state index contributed by atoms with van der Waals surface area (Å²) in [4.78, 5) is 26.1. The first-order chi connectivity index (χ1) is 9.88. The molecule has 0 bridgehead atoms. The van der Waals surface area contributed by atoms with Crippen LogP contribution in [0.4, 0.5) is 11.4 Å². The number of hydrogen-bond acceptors (Lipinski definition) is 4. The van der Waals surface area contributed by atoms with Gasteiger partial charge in [-0.25, -0.2) is 4.98 Å². The van der Waals surface area contributed by atoms with E-state index in [2.05, 4.69) is 10.3 Å². The van der Waals surface area contributed by atoms with Crippen LogP contribution >= 0.6 is 34.8 Å². The van der Waals surface area contributed by atoms with E-state index in [-0.39, 0.29) is 32.3 Å². The summed E-state index contributed by atoms with van der Waals surface area (Å²) < 4.78 is 0. The molecule has 0 aliphatic carbocycles. The average Bonchev–Trinajstić information content (AvgIpc) is 2.40. The number of hydrogen-bond donors (Lipinski definition) is 1. The molecule has 1 aromatic heterocycles. The predicted octanol–water partition coefficient (Wildman–Crippen LogP) is 4.20. The molecule has 0 saturated carbocycles. The number of benzene rings is 1. The van der Waals surface area contributed by atoms with Crippen molar-refractivity contribution in [2.24, 2.45) is 0 Å². The minimum absolute atomic E-state index is 0.000386. The number of nitrogens with zero attached hydrogens (tertiary/aromatic N) is 2. The maximum atomic E-state index is 12.1. The van der Waals surface area contributed by atoms with Crippen LogP contribution in [0.5, 0.6) is 0 Å². The van der Waals surface area contributed by atoms with Crippen LogP contribution < -0.4 is 5.32 Å². The topological polar surface area (TPSA) is 85.1 Å². The Morgan fingerprint density at radius 3 is 2.52 bits per heavy atom. The first kappa shape index (κ1) is 15.5. The van der Waals surface area contributed by atoms with Crippen molar-refractivity contribution in [3.05, 3.63) is 61.3 Å². The molecule has 0 spiro atoms. The molecule has 0 atom stereocenters. The number of pyridine rings is 1. The van der Waals surface area contributed by atoms with Gasteiger partial charge >= 0.3 is 0 Å². The Morgan fingerprint density at radius 2 is 1.90 bits per heavy atom. The molecule has 0 unspecified atom stereocenters. The van der Waals surface area contributed by atoms with Crippen molar-refractivity contribution in [2.45, 2.75) is 0 Å². The van der Waals surface area contributed by atoms with Crippen molar-refractivity contribution in [1.29, 1.82) is 0 Å². The quantitative estimate of drug-likeness (QED) is 0.512. The molecule has 1 heterocycles. The second-order valence-corrected chi connectivity index (χ2v) is 5.03. The lowest BCUT2D eigenvalue weighted by Crippen LogP contribution is -2.14. The molecule has 108 valence electrons. The van der Waals surface area contributed by atoms with Crippen LogP contribution in [0, 0.1) is 10.1 Å². The number of anilines is 1. The Hall–Kier alpha value is -1.89. The Morgan fingerprint density at radius 1 is 1.19 bits per heavy atom. The summed E-state index contributed by atoms with van der Waals surface area (Å²) in [6.45, 7) is 0. The minimum atomic E-state index is -0.650. The zero-order chi connectivity index (χ0) is 15.6. The van der Waals surface area contributed by atoms with Gasteiger partial charge in [0.2, 0.25) is 0 Å². The molecular formula is C12H6Cl3N3O3. The van der Waals surface area contributed by atoms with Gasteiger partial charge in [0, 0.05) is 11.1 Å². The molecule has 0 radical (unpaired) electrons. The van der Waals surface area contributed by atoms with Crippen LogP contribution in [-0.2, 0) is 0 Å². The number of nitro groups is 1. The van der Waals surface area contributed by atoms with Crippen LogP contribution in [0.2, 0.25) is 15.3 Å². The zero-order valence-corrected chi connectivity index (χ0v) is 12.4. The van der Waals surface area contributed by atoms with E-state index >= 15 is 0 Å². The fourth-order valence-electron chi connectivity index (χ4n) is 1.53. The maximum absolute atomic E-state index is 12.1. The van der Waals surface area contributed by atoms with Gasteiger partial charge in [-0.05, 0) is 24.3 Å². The lowest BCUT2D eigenvalue weighted by Gasteiger charge is -2.07. The second-order valence-electron chi connectivity index (χ2n) is 3.85. The van der Waals surface area contributed by atoms with Crippen LogP contribution in [0.15, 0.2) is 30.3 Å². The Kier molecular flexibility index (Phi) is 4.62. The molecule has 21 heavy (non-hydrogen) atoms. The monoisotopic (exact) mass is 345 g/mol. The summed E-state index contributed by atoms with van der Waals surface area (Å²) >= 11 is 17.1. The van der Waals surface area contributed by atoms with Gasteiger partial charge < -0.3 is 5.32 Å². The first-order valence-electron chi connectivity index (χ1n) is 5.46. The highest BCUT2D eigenvalue weighted by Gasteiger charge is 2.19. The normalized spacial score (nSPS) is 10.2. The minimum Gasteiger partial charge on any atom is -0.316 e. The summed E-state index contributed by atoms with van der Waals surface area (Å²) in [6.07, 6.45) is 0. The number of aromatic nitrogens is 1. The summed E-state index contributed by atoms with van der Waals surface area (Å²) in [7, 11) is 0. The third-order valence-electron chi connectivity index (χ3n) is 2.46. The molecule has 2 rings (SSSR count). The molecule has 0 saturated heterocycles. The van der Waals surface area contributed by atoms with E-state index in [0.29, 0.717) is 0 Å². The number of amides is 1. The molecule has 0 fully saturated rings. The summed E-state index contributed by atoms with van der Waals surface area (Å²) in [5.41, 5.74) is -0.278. The second kappa shape index (κ2) is 6.26. The summed E-state index contributed by atoms with van der Waals surface area (Å²) in [5.74, 6) is -0.644. The van der Waals surface area contributed by atoms with Crippen molar-refractivity contribution in [3.8, 4) is 0 Å². The zero-order valence-electron chi connectivity index (χ0n) is 10.1. The fourth-order valence-corrected chi connectivity index (χ4v) is 2.13. The van der Waals surface area contributed by atoms with Crippen molar-refractivity contribution in [3.63, 3.8) is 0 Å². The lowest BCUT2D eigenvalue weighted by molar-refractivity contribution is -0.383.